The van der Waals surface area contributed by atoms with Gasteiger partial charge in [-0.2, -0.15) is 0 Å². The zero-order valence-corrected chi connectivity index (χ0v) is 6.85. The summed E-state index contributed by atoms with van der Waals surface area (Å²) in [4.78, 5) is 21.8. The van der Waals surface area contributed by atoms with E-state index in [1.807, 2.05) is 5.43 Å². The largest absolute Gasteiger partial charge is 0.366 e. The molecule has 0 spiro atoms. The molecule has 0 unspecified atom stereocenters. The van der Waals surface area contributed by atoms with Crippen molar-refractivity contribution in [3.05, 3.63) is 21.9 Å². The number of carbonyl (C=O) groups excluding carboxylic acids is 2. The molecule has 64 valence electrons. The molecular formula is C6H7N3O2S. The molecule has 0 aliphatic heterocycles. The monoisotopic (exact) mass is 185 g/mol. The molecule has 0 aromatic carbocycles. The van der Waals surface area contributed by atoms with Crippen LogP contribution in [-0.2, 0) is 0 Å². The van der Waals surface area contributed by atoms with E-state index in [0.29, 0.717) is 10.4 Å². The average Bonchev–Trinajstić information content (AvgIpc) is 2.51. The molecule has 0 bridgehead atoms. The fourth-order valence-electron chi connectivity index (χ4n) is 0.656. The number of nitrogens with one attached hydrogen (secondary N) is 1. The van der Waals surface area contributed by atoms with Crippen LogP contribution in [0.25, 0.3) is 0 Å². The second kappa shape index (κ2) is 3.33. The number of thiophene rings is 1. The lowest BCUT2D eigenvalue weighted by molar-refractivity contribution is 0.0957. The number of amides is 2. The Balaban J connectivity index is 2.91. The Hall–Kier alpha value is -1.40. The maximum Gasteiger partial charge on any atom is 0.275 e. The molecule has 0 atom stereocenters. The van der Waals surface area contributed by atoms with Gasteiger partial charge in [0, 0.05) is 5.38 Å². The van der Waals surface area contributed by atoms with Gasteiger partial charge in [-0.15, -0.1) is 11.3 Å². The van der Waals surface area contributed by atoms with Crippen LogP contribution in [0.15, 0.2) is 11.4 Å². The molecule has 0 aliphatic rings. The standard InChI is InChI=1S/C6H7N3O2S/c7-5(10)3-1-4(12-2-3)6(11)9-8/h1-2H,8H2,(H2,7,10)(H,9,11). The van der Waals surface area contributed by atoms with E-state index in [1.54, 1.807) is 0 Å². The second-order valence-electron chi connectivity index (χ2n) is 2.04. The fourth-order valence-corrected chi connectivity index (χ4v) is 1.45. The number of nitrogen functional groups attached to an aromatic ring is 1. The van der Waals surface area contributed by atoms with Crippen LogP contribution in [0.2, 0.25) is 0 Å². The molecule has 0 saturated heterocycles. The topological polar surface area (TPSA) is 98.2 Å². The molecule has 1 aromatic rings. The molecule has 5 N–H and O–H groups in total. The molecule has 1 rings (SSSR count). The summed E-state index contributed by atoms with van der Waals surface area (Å²) < 4.78 is 0. The summed E-state index contributed by atoms with van der Waals surface area (Å²) in [5, 5.41) is 1.51. The van der Waals surface area contributed by atoms with Crippen molar-refractivity contribution >= 4 is 23.2 Å². The number of primary amides is 1. The van der Waals surface area contributed by atoms with Crippen LogP contribution in [0.3, 0.4) is 0 Å². The van der Waals surface area contributed by atoms with Crippen molar-refractivity contribution in [1.82, 2.24) is 5.43 Å². The lowest BCUT2D eigenvalue weighted by Gasteiger charge is -1.91. The molecule has 12 heavy (non-hydrogen) atoms. The molecule has 6 heteroatoms. The Morgan fingerprint density at radius 3 is 2.58 bits per heavy atom. The smallest absolute Gasteiger partial charge is 0.275 e. The summed E-state index contributed by atoms with van der Waals surface area (Å²) in [6.45, 7) is 0. The molecule has 1 heterocycles. The van der Waals surface area contributed by atoms with Crippen LogP contribution in [-0.4, -0.2) is 11.8 Å². The van der Waals surface area contributed by atoms with E-state index in [1.165, 1.54) is 11.4 Å². The van der Waals surface area contributed by atoms with Gasteiger partial charge in [0.05, 0.1) is 10.4 Å². The first-order valence-electron chi connectivity index (χ1n) is 3.04. The van der Waals surface area contributed by atoms with Gasteiger partial charge in [0.1, 0.15) is 0 Å². The molecule has 1 aromatic heterocycles. The SMILES string of the molecule is NNC(=O)c1cc(C(N)=O)cs1. The number of carbonyl (C=O) groups is 2. The summed E-state index contributed by atoms with van der Waals surface area (Å²) >= 11 is 1.12. The zero-order valence-electron chi connectivity index (χ0n) is 6.03. The van der Waals surface area contributed by atoms with Crippen LogP contribution < -0.4 is 17.0 Å². The third-order valence-electron chi connectivity index (χ3n) is 1.24. The number of hydrogen-bond donors (Lipinski definition) is 3. The minimum Gasteiger partial charge on any atom is -0.366 e. The van der Waals surface area contributed by atoms with E-state index in [4.69, 9.17) is 11.6 Å². The van der Waals surface area contributed by atoms with Crippen molar-refractivity contribution < 1.29 is 9.59 Å². The first kappa shape index (κ1) is 8.69. The van der Waals surface area contributed by atoms with Crippen molar-refractivity contribution in [3.8, 4) is 0 Å². The minimum absolute atomic E-state index is 0.318. The third-order valence-corrected chi connectivity index (χ3v) is 2.17. The Kier molecular flexibility index (Phi) is 2.41. The maximum atomic E-state index is 10.9. The predicted octanol–water partition coefficient (Wildman–Crippen LogP) is -0.550. The van der Waals surface area contributed by atoms with Crippen molar-refractivity contribution in [3.63, 3.8) is 0 Å². The summed E-state index contributed by atoms with van der Waals surface area (Å²) in [6, 6.07) is 1.40. The molecule has 2 amide bonds. The first-order valence-corrected chi connectivity index (χ1v) is 3.92. The fraction of sp³-hybridized carbons (Fsp3) is 0. The van der Waals surface area contributed by atoms with Gasteiger partial charge in [0.15, 0.2) is 0 Å². The van der Waals surface area contributed by atoms with E-state index in [9.17, 15) is 9.59 Å². The van der Waals surface area contributed by atoms with Gasteiger partial charge in [0.2, 0.25) is 5.91 Å². The van der Waals surface area contributed by atoms with E-state index in [2.05, 4.69) is 0 Å². The maximum absolute atomic E-state index is 10.9. The molecular weight excluding hydrogens is 178 g/mol. The van der Waals surface area contributed by atoms with Crippen molar-refractivity contribution in [2.45, 2.75) is 0 Å². The van der Waals surface area contributed by atoms with Crippen molar-refractivity contribution in [1.29, 1.82) is 0 Å². The van der Waals surface area contributed by atoms with E-state index in [0.717, 1.165) is 11.3 Å². The van der Waals surface area contributed by atoms with Crippen molar-refractivity contribution in [2.75, 3.05) is 0 Å². The summed E-state index contributed by atoms with van der Waals surface area (Å²) in [5.41, 5.74) is 7.24. The molecule has 0 saturated carbocycles. The van der Waals surface area contributed by atoms with Crippen LogP contribution in [0.5, 0.6) is 0 Å². The van der Waals surface area contributed by atoms with Crippen molar-refractivity contribution in [2.24, 2.45) is 11.6 Å². The van der Waals surface area contributed by atoms with Gasteiger partial charge in [0.25, 0.3) is 5.91 Å². The lowest BCUT2D eigenvalue weighted by atomic mass is 10.3. The van der Waals surface area contributed by atoms with Gasteiger partial charge in [-0.25, -0.2) is 5.84 Å². The summed E-state index contributed by atoms with van der Waals surface area (Å²) in [7, 11) is 0. The Labute approximate surface area is 72.3 Å². The number of hydrogen-bond acceptors (Lipinski definition) is 4. The highest BCUT2D eigenvalue weighted by Gasteiger charge is 2.09. The molecule has 0 aliphatic carbocycles. The number of nitrogens with two attached hydrogens (primary N) is 2. The Bertz CT molecular complexity index is 320. The Morgan fingerprint density at radius 2 is 2.17 bits per heavy atom. The number of rotatable bonds is 2. The highest BCUT2D eigenvalue weighted by Crippen LogP contribution is 2.13. The van der Waals surface area contributed by atoms with Crippen LogP contribution in [0, 0.1) is 0 Å². The second-order valence-corrected chi connectivity index (χ2v) is 2.95. The van der Waals surface area contributed by atoms with Crippen LogP contribution in [0.1, 0.15) is 20.0 Å². The van der Waals surface area contributed by atoms with Gasteiger partial charge >= 0.3 is 0 Å². The number of hydrazine groups is 1. The van der Waals surface area contributed by atoms with E-state index < -0.39 is 11.8 Å². The van der Waals surface area contributed by atoms with E-state index >= 15 is 0 Å². The van der Waals surface area contributed by atoms with Gasteiger partial charge in [-0.05, 0) is 6.07 Å². The molecule has 5 nitrogen and oxygen atoms in total. The Morgan fingerprint density at radius 1 is 1.50 bits per heavy atom. The zero-order chi connectivity index (χ0) is 9.14. The van der Waals surface area contributed by atoms with Crippen LogP contribution >= 0.6 is 11.3 Å². The van der Waals surface area contributed by atoms with Gasteiger partial charge < -0.3 is 5.73 Å². The third kappa shape index (κ3) is 1.60. The lowest BCUT2D eigenvalue weighted by Crippen LogP contribution is -2.29. The average molecular weight is 185 g/mol. The quantitative estimate of drug-likeness (QED) is 0.327. The van der Waals surface area contributed by atoms with Crippen LogP contribution in [0.4, 0.5) is 0 Å². The summed E-state index contributed by atoms with van der Waals surface area (Å²) in [5.74, 6) is 3.90. The normalized spacial score (nSPS) is 9.42. The summed E-state index contributed by atoms with van der Waals surface area (Å²) in [6.07, 6.45) is 0. The highest BCUT2D eigenvalue weighted by atomic mass is 32.1. The van der Waals surface area contributed by atoms with Gasteiger partial charge in [-0.3, -0.25) is 15.0 Å². The molecule has 0 radical (unpaired) electrons. The first-order chi connectivity index (χ1) is 5.65. The van der Waals surface area contributed by atoms with E-state index in [-0.39, 0.29) is 0 Å². The highest BCUT2D eigenvalue weighted by molar-refractivity contribution is 7.12. The minimum atomic E-state index is -0.553. The predicted molar refractivity (Wildman–Crippen MR) is 44.5 cm³/mol. The molecule has 0 fully saturated rings. The van der Waals surface area contributed by atoms with Gasteiger partial charge in [-0.1, -0.05) is 0 Å².